The molecule has 0 radical (unpaired) electrons. The third kappa shape index (κ3) is 2.36. The molecule has 1 aliphatic rings. The van der Waals surface area contributed by atoms with Gasteiger partial charge < -0.3 is 5.32 Å². The number of anilines is 1. The summed E-state index contributed by atoms with van der Waals surface area (Å²) >= 11 is 0. The Morgan fingerprint density at radius 1 is 1.18 bits per heavy atom. The highest BCUT2D eigenvalue weighted by Crippen LogP contribution is 2.28. The van der Waals surface area contributed by atoms with E-state index in [1.165, 1.54) is 0 Å². The minimum absolute atomic E-state index is 0.121. The molecule has 1 aliphatic carbocycles. The minimum atomic E-state index is -1.47. The van der Waals surface area contributed by atoms with Crippen LogP contribution >= 0.6 is 0 Å². The molecule has 90 valence electrons. The molecule has 2 rings (SSSR count). The second kappa shape index (κ2) is 4.66. The van der Waals surface area contributed by atoms with Crippen molar-refractivity contribution in [1.29, 1.82) is 5.26 Å². The van der Waals surface area contributed by atoms with E-state index in [1.54, 1.807) is 0 Å². The summed E-state index contributed by atoms with van der Waals surface area (Å²) in [5.41, 5.74) is 0.175. The second-order valence-electron chi connectivity index (χ2n) is 4.17. The van der Waals surface area contributed by atoms with Gasteiger partial charge in [-0.15, -0.1) is 0 Å². The molecular weight excluding hydrogens is 229 g/mol. The van der Waals surface area contributed by atoms with Gasteiger partial charge in [0, 0.05) is 23.9 Å². The van der Waals surface area contributed by atoms with E-state index in [9.17, 15) is 13.2 Å². The van der Waals surface area contributed by atoms with Crippen molar-refractivity contribution in [2.24, 2.45) is 5.92 Å². The standard InChI is InChI=1S/C12H11F3N2/c13-9-4-8(5-10(14)12(9)15)17-11-3-1-2-7(11)6-16/h4-5,7,11,17H,1-3H2. The van der Waals surface area contributed by atoms with Gasteiger partial charge in [-0.25, -0.2) is 13.2 Å². The normalized spacial score (nSPS) is 23.4. The summed E-state index contributed by atoms with van der Waals surface area (Å²) in [7, 11) is 0. The highest BCUT2D eigenvalue weighted by molar-refractivity contribution is 5.45. The molecule has 1 aromatic carbocycles. The first-order valence-electron chi connectivity index (χ1n) is 5.42. The van der Waals surface area contributed by atoms with E-state index in [1.807, 2.05) is 0 Å². The first-order valence-corrected chi connectivity index (χ1v) is 5.42. The predicted molar refractivity (Wildman–Crippen MR) is 56.7 cm³/mol. The van der Waals surface area contributed by atoms with Gasteiger partial charge in [-0.05, 0) is 19.3 Å². The number of nitrogens with one attached hydrogen (secondary N) is 1. The maximum atomic E-state index is 13.0. The Labute approximate surface area is 97.1 Å². The van der Waals surface area contributed by atoms with Crippen molar-refractivity contribution in [2.45, 2.75) is 25.3 Å². The largest absolute Gasteiger partial charge is 0.381 e. The Balaban J connectivity index is 2.17. The van der Waals surface area contributed by atoms with E-state index in [0.717, 1.165) is 31.4 Å². The summed E-state index contributed by atoms with van der Waals surface area (Å²) < 4.78 is 38.7. The van der Waals surface area contributed by atoms with E-state index in [0.29, 0.717) is 0 Å². The van der Waals surface area contributed by atoms with Crippen LogP contribution in [-0.4, -0.2) is 6.04 Å². The monoisotopic (exact) mass is 240 g/mol. The van der Waals surface area contributed by atoms with Gasteiger partial charge in [-0.3, -0.25) is 0 Å². The Kier molecular flexibility index (Phi) is 3.23. The summed E-state index contributed by atoms with van der Waals surface area (Å²) in [6.45, 7) is 0. The lowest BCUT2D eigenvalue weighted by Gasteiger charge is -2.17. The van der Waals surface area contributed by atoms with Crippen LogP contribution in [0.4, 0.5) is 18.9 Å². The van der Waals surface area contributed by atoms with E-state index >= 15 is 0 Å². The first-order chi connectivity index (χ1) is 8.11. The lowest BCUT2D eigenvalue weighted by Crippen LogP contribution is -2.23. The first kappa shape index (κ1) is 11.8. The summed E-state index contributed by atoms with van der Waals surface area (Å²) in [6.07, 6.45) is 2.46. The molecule has 0 saturated heterocycles. The summed E-state index contributed by atoms with van der Waals surface area (Å²) in [5.74, 6) is -4.08. The molecule has 0 aliphatic heterocycles. The van der Waals surface area contributed by atoms with Gasteiger partial charge in [0.25, 0.3) is 0 Å². The zero-order chi connectivity index (χ0) is 12.4. The van der Waals surface area contributed by atoms with Crippen LogP contribution in [0.1, 0.15) is 19.3 Å². The molecule has 1 N–H and O–H groups in total. The molecule has 2 nitrogen and oxygen atoms in total. The van der Waals surface area contributed by atoms with Crippen LogP contribution in [0.3, 0.4) is 0 Å². The van der Waals surface area contributed by atoms with E-state index in [-0.39, 0.29) is 17.6 Å². The van der Waals surface area contributed by atoms with E-state index in [2.05, 4.69) is 11.4 Å². The molecule has 0 bridgehead atoms. The van der Waals surface area contributed by atoms with Crippen LogP contribution in [0.25, 0.3) is 0 Å². The molecule has 2 atom stereocenters. The highest BCUT2D eigenvalue weighted by Gasteiger charge is 2.27. The zero-order valence-corrected chi connectivity index (χ0v) is 9.01. The molecule has 0 amide bonds. The minimum Gasteiger partial charge on any atom is -0.381 e. The fraction of sp³-hybridized carbons (Fsp3) is 0.417. The Hall–Kier alpha value is -1.70. The lowest BCUT2D eigenvalue weighted by molar-refractivity contribution is 0.447. The van der Waals surface area contributed by atoms with E-state index in [4.69, 9.17) is 5.26 Å². The molecule has 0 heterocycles. The number of hydrogen-bond donors (Lipinski definition) is 1. The maximum absolute atomic E-state index is 13.0. The van der Waals surface area contributed by atoms with Crippen molar-refractivity contribution in [3.05, 3.63) is 29.6 Å². The number of halogens is 3. The van der Waals surface area contributed by atoms with Gasteiger partial charge in [0.05, 0.1) is 12.0 Å². The van der Waals surface area contributed by atoms with Crippen molar-refractivity contribution in [1.82, 2.24) is 0 Å². The van der Waals surface area contributed by atoms with Gasteiger partial charge in [-0.2, -0.15) is 5.26 Å². The average molecular weight is 240 g/mol. The average Bonchev–Trinajstić information content (AvgIpc) is 2.73. The van der Waals surface area contributed by atoms with Crippen LogP contribution < -0.4 is 5.32 Å². The van der Waals surface area contributed by atoms with Crippen LogP contribution in [0.2, 0.25) is 0 Å². The van der Waals surface area contributed by atoms with E-state index < -0.39 is 17.5 Å². The van der Waals surface area contributed by atoms with Gasteiger partial charge in [0.2, 0.25) is 0 Å². The van der Waals surface area contributed by atoms with Crippen molar-refractivity contribution >= 4 is 5.69 Å². The maximum Gasteiger partial charge on any atom is 0.194 e. The fourth-order valence-corrected chi connectivity index (χ4v) is 2.14. The SMILES string of the molecule is N#CC1CCCC1Nc1cc(F)c(F)c(F)c1. The van der Waals surface area contributed by atoms with Gasteiger partial charge in [0.15, 0.2) is 17.5 Å². The molecule has 2 unspecified atom stereocenters. The number of nitriles is 1. The van der Waals surface area contributed by atoms with Crippen LogP contribution in [0, 0.1) is 34.7 Å². The predicted octanol–water partition coefficient (Wildman–Crippen LogP) is 3.21. The third-order valence-corrected chi connectivity index (χ3v) is 3.02. The van der Waals surface area contributed by atoms with Crippen LogP contribution in [0.15, 0.2) is 12.1 Å². The topological polar surface area (TPSA) is 35.8 Å². The summed E-state index contributed by atoms with van der Waals surface area (Å²) in [6, 6.07) is 3.85. The number of nitrogens with zero attached hydrogens (tertiary/aromatic N) is 1. The number of hydrogen-bond acceptors (Lipinski definition) is 2. The Bertz CT molecular complexity index is 444. The molecule has 5 heteroatoms. The van der Waals surface area contributed by atoms with Crippen molar-refractivity contribution in [2.75, 3.05) is 5.32 Å². The summed E-state index contributed by atoms with van der Waals surface area (Å²) in [5, 5.41) is 11.8. The summed E-state index contributed by atoms with van der Waals surface area (Å²) in [4.78, 5) is 0. The third-order valence-electron chi connectivity index (χ3n) is 3.02. The molecule has 0 aromatic heterocycles. The van der Waals surface area contributed by atoms with Gasteiger partial charge in [-0.1, -0.05) is 0 Å². The fourth-order valence-electron chi connectivity index (χ4n) is 2.14. The number of rotatable bonds is 2. The molecule has 1 aromatic rings. The smallest absolute Gasteiger partial charge is 0.194 e. The molecule has 17 heavy (non-hydrogen) atoms. The van der Waals surface area contributed by atoms with Gasteiger partial charge in [0.1, 0.15) is 0 Å². The van der Waals surface area contributed by atoms with Crippen molar-refractivity contribution in [3.8, 4) is 6.07 Å². The molecule has 1 saturated carbocycles. The lowest BCUT2D eigenvalue weighted by atomic mass is 10.1. The Morgan fingerprint density at radius 2 is 1.82 bits per heavy atom. The molecule has 0 spiro atoms. The highest BCUT2D eigenvalue weighted by atomic mass is 19.2. The quantitative estimate of drug-likeness (QED) is 0.806. The van der Waals surface area contributed by atoms with Crippen LogP contribution in [0.5, 0.6) is 0 Å². The van der Waals surface area contributed by atoms with Crippen molar-refractivity contribution in [3.63, 3.8) is 0 Å². The molecular formula is C12H11F3N2. The van der Waals surface area contributed by atoms with Crippen molar-refractivity contribution < 1.29 is 13.2 Å². The molecule has 1 fully saturated rings. The second-order valence-corrected chi connectivity index (χ2v) is 4.17. The zero-order valence-electron chi connectivity index (χ0n) is 9.01. The van der Waals surface area contributed by atoms with Crippen LogP contribution in [-0.2, 0) is 0 Å². The van der Waals surface area contributed by atoms with Gasteiger partial charge >= 0.3 is 0 Å². The Morgan fingerprint density at radius 3 is 2.41 bits per heavy atom. The number of benzene rings is 1.